The first-order chi connectivity index (χ1) is 20.1. The Morgan fingerprint density at radius 3 is 1.48 bits per heavy atom. The van der Waals surface area contributed by atoms with Gasteiger partial charge in [0.1, 0.15) is 0 Å². The number of allylic oxidation sites excluding steroid dienone is 1. The zero-order valence-corrected chi connectivity index (χ0v) is 25.9. The third-order valence-corrected chi connectivity index (χ3v) is 7.70. The zero-order chi connectivity index (χ0) is 30.0. The molecule has 0 aliphatic heterocycles. The second-order valence-electron chi connectivity index (χ2n) is 11.9. The lowest BCUT2D eigenvalue weighted by Gasteiger charge is -2.11. The smallest absolute Gasteiger partial charge is 0.0780 e. The van der Waals surface area contributed by atoms with Crippen molar-refractivity contribution in [3.05, 3.63) is 137 Å². The fraction of sp³-hybridized carbons (Fsp3) is 0.200. The highest BCUT2D eigenvalue weighted by Crippen LogP contribution is 2.31. The van der Waals surface area contributed by atoms with Gasteiger partial charge >= 0.3 is 0 Å². The van der Waals surface area contributed by atoms with Crippen LogP contribution in [0.4, 0.5) is 0 Å². The van der Waals surface area contributed by atoms with Crippen LogP contribution in [0.1, 0.15) is 60.1 Å². The highest BCUT2D eigenvalue weighted by molar-refractivity contribution is 5.96. The molecule has 42 heavy (non-hydrogen) atoms. The second-order valence-corrected chi connectivity index (χ2v) is 11.9. The lowest BCUT2D eigenvalue weighted by atomic mass is 9.96. The van der Waals surface area contributed by atoms with E-state index in [-0.39, 0.29) is 0 Å². The Balaban J connectivity index is 0.000000168. The van der Waals surface area contributed by atoms with Gasteiger partial charge in [-0.05, 0) is 105 Å². The predicted octanol–water partition coefficient (Wildman–Crippen LogP) is 11.2. The maximum atomic E-state index is 4.63. The Labute approximate surface area is 250 Å². The third-order valence-electron chi connectivity index (χ3n) is 7.70. The molecule has 0 saturated carbocycles. The van der Waals surface area contributed by atoms with Gasteiger partial charge in [-0.15, -0.1) is 0 Å². The summed E-state index contributed by atoms with van der Waals surface area (Å²) in [5.41, 5.74) is 13.2. The molecular formula is C40H40N2. The lowest BCUT2D eigenvalue weighted by Crippen LogP contribution is -1.91. The molecule has 0 spiro atoms. The quantitative estimate of drug-likeness (QED) is 0.219. The predicted molar refractivity (Wildman–Crippen MR) is 182 cm³/mol. The van der Waals surface area contributed by atoms with Gasteiger partial charge in [-0.3, -0.25) is 9.97 Å². The van der Waals surface area contributed by atoms with Crippen molar-refractivity contribution in [3.63, 3.8) is 0 Å². The standard InChI is InChI=1S/C20H21N.C20H19N/c2*1-13(2)16-5-6-19-17(12-16)7-8-21-20(19)18-10-14(3)9-15(4)11-18/h5-13H,1-4H3;5-12H,1H2,2-4H3. The Morgan fingerprint density at radius 2 is 1.02 bits per heavy atom. The molecule has 0 N–H and O–H groups in total. The molecule has 0 fully saturated rings. The average Bonchev–Trinajstić information content (AvgIpc) is 2.95. The molecule has 0 aliphatic carbocycles. The summed E-state index contributed by atoms with van der Waals surface area (Å²) in [7, 11) is 0. The molecule has 0 unspecified atom stereocenters. The van der Waals surface area contributed by atoms with E-state index in [0.717, 1.165) is 17.0 Å². The number of nitrogens with zero attached hydrogens (tertiary/aromatic N) is 2. The van der Waals surface area contributed by atoms with Crippen LogP contribution in [0.3, 0.4) is 0 Å². The summed E-state index contributed by atoms with van der Waals surface area (Å²) < 4.78 is 0. The number of fused-ring (bicyclic) bond motifs is 2. The molecule has 2 nitrogen and oxygen atoms in total. The highest BCUT2D eigenvalue weighted by atomic mass is 14.7. The molecule has 210 valence electrons. The summed E-state index contributed by atoms with van der Waals surface area (Å²) >= 11 is 0. The maximum Gasteiger partial charge on any atom is 0.0780 e. The van der Waals surface area contributed by atoms with Crippen molar-refractivity contribution in [3.8, 4) is 22.5 Å². The first-order valence-corrected chi connectivity index (χ1v) is 14.7. The van der Waals surface area contributed by atoms with Crippen LogP contribution < -0.4 is 0 Å². The maximum absolute atomic E-state index is 4.63. The van der Waals surface area contributed by atoms with E-state index in [0.29, 0.717) is 5.92 Å². The first kappa shape index (κ1) is 29.0. The molecule has 2 aromatic heterocycles. The van der Waals surface area contributed by atoms with Gasteiger partial charge in [0.05, 0.1) is 11.4 Å². The largest absolute Gasteiger partial charge is 0.256 e. The van der Waals surface area contributed by atoms with E-state index in [2.05, 4.69) is 143 Å². The molecule has 4 aromatic carbocycles. The molecule has 0 radical (unpaired) electrons. The van der Waals surface area contributed by atoms with E-state index < -0.39 is 0 Å². The number of hydrogen-bond acceptors (Lipinski definition) is 2. The highest BCUT2D eigenvalue weighted by Gasteiger charge is 2.09. The minimum absolute atomic E-state index is 0.548. The topological polar surface area (TPSA) is 25.8 Å². The third kappa shape index (κ3) is 6.34. The van der Waals surface area contributed by atoms with Crippen LogP contribution in [-0.2, 0) is 0 Å². The SMILES string of the molecule is C=C(C)c1ccc2c(-c3cc(C)cc(C)c3)nccc2c1.Cc1cc(C)cc(-c2nccc3cc(C(C)C)ccc23)c1. The summed E-state index contributed by atoms with van der Waals surface area (Å²) in [6.45, 7) is 19.0. The molecule has 0 aliphatic rings. The van der Waals surface area contributed by atoms with Crippen molar-refractivity contribution in [1.29, 1.82) is 0 Å². The van der Waals surface area contributed by atoms with Crippen molar-refractivity contribution in [2.24, 2.45) is 0 Å². The molecule has 2 heteroatoms. The van der Waals surface area contributed by atoms with E-state index in [9.17, 15) is 0 Å². The minimum atomic E-state index is 0.548. The van der Waals surface area contributed by atoms with Gasteiger partial charge in [0.2, 0.25) is 0 Å². The molecule has 6 rings (SSSR count). The number of benzene rings is 4. The van der Waals surface area contributed by atoms with Gasteiger partial charge < -0.3 is 0 Å². The van der Waals surface area contributed by atoms with Crippen LogP contribution in [0.2, 0.25) is 0 Å². The summed E-state index contributed by atoms with van der Waals surface area (Å²) in [6, 6.07) is 30.6. The first-order valence-electron chi connectivity index (χ1n) is 14.7. The van der Waals surface area contributed by atoms with Crippen LogP contribution in [-0.4, -0.2) is 9.97 Å². The fourth-order valence-electron chi connectivity index (χ4n) is 5.68. The van der Waals surface area contributed by atoms with E-state index in [1.54, 1.807) is 0 Å². The summed E-state index contributed by atoms with van der Waals surface area (Å²) in [4.78, 5) is 9.25. The molecule has 0 amide bonds. The number of rotatable bonds is 4. The van der Waals surface area contributed by atoms with Gasteiger partial charge in [0.25, 0.3) is 0 Å². The van der Waals surface area contributed by atoms with Crippen LogP contribution in [0, 0.1) is 27.7 Å². The number of hydrogen-bond donors (Lipinski definition) is 0. The minimum Gasteiger partial charge on any atom is -0.256 e. The normalized spacial score (nSPS) is 11.0. The fourth-order valence-corrected chi connectivity index (χ4v) is 5.68. The van der Waals surface area contributed by atoms with Crippen LogP contribution in [0.15, 0.2) is 104 Å². The van der Waals surface area contributed by atoms with E-state index >= 15 is 0 Å². The molecule has 0 atom stereocenters. The molecule has 0 saturated heterocycles. The van der Waals surface area contributed by atoms with E-state index in [1.165, 1.54) is 66.1 Å². The number of pyridine rings is 2. The Hall–Kier alpha value is -4.56. The van der Waals surface area contributed by atoms with Gasteiger partial charge in [0, 0.05) is 34.3 Å². The van der Waals surface area contributed by atoms with Crippen molar-refractivity contribution in [2.45, 2.75) is 54.4 Å². The number of aryl methyl sites for hydroxylation is 4. The molecule has 2 heterocycles. The Kier molecular flexibility index (Phi) is 8.36. The van der Waals surface area contributed by atoms with Gasteiger partial charge in [-0.25, -0.2) is 0 Å². The van der Waals surface area contributed by atoms with Crippen molar-refractivity contribution >= 4 is 27.1 Å². The molecule has 0 bridgehead atoms. The Bertz CT molecular complexity index is 1890. The summed E-state index contributed by atoms with van der Waals surface area (Å²) in [6.07, 6.45) is 3.80. The monoisotopic (exact) mass is 548 g/mol. The van der Waals surface area contributed by atoms with Crippen LogP contribution in [0.5, 0.6) is 0 Å². The van der Waals surface area contributed by atoms with Crippen LogP contribution in [0.25, 0.3) is 49.6 Å². The lowest BCUT2D eigenvalue weighted by molar-refractivity contribution is 0.869. The van der Waals surface area contributed by atoms with Crippen molar-refractivity contribution < 1.29 is 0 Å². The zero-order valence-electron chi connectivity index (χ0n) is 25.9. The number of aromatic nitrogens is 2. The van der Waals surface area contributed by atoms with Crippen molar-refractivity contribution in [1.82, 2.24) is 9.97 Å². The van der Waals surface area contributed by atoms with Crippen LogP contribution >= 0.6 is 0 Å². The van der Waals surface area contributed by atoms with Gasteiger partial charge in [-0.2, -0.15) is 0 Å². The van der Waals surface area contributed by atoms with Gasteiger partial charge in [-0.1, -0.05) is 90.7 Å². The van der Waals surface area contributed by atoms with Gasteiger partial charge in [0.15, 0.2) is 0 Å². The van der Waals surface area contributed by atoms with E-state index in [4.69, 9.17) is 0 Å². The summed E-state index contributed by atoms with van der Waals surface area (Å²) in [5, 5.41) is 4.89. The second kappa shape index (κ2) is 12.1. The molecular weight excluding hydrogens is 508 g/mol. The van der Waals surface area contributed by atoms with Crippen molar-refractivity contribution in [2.75, 3.05) is 0 Å². The Morgan fingerprint density at radius 1 is 0.571 bits per heavy atom. The summed E-state index contributed by atoms with van der Waals surface area (Å²) in [5.74, 6) is 0.548. The molecule has 6 aromatic rings. The average molecular weight is 549 g/mol. The van der Waals surface area contributed by atoms with E-state index in [1.807, 2.05) is 19.3 Å².